The summed E-state index contributed by atoms with van der Waals surface area (Å²) in [7, 11) is 3.77. The minimum absolute atomic E-state index is 0.0378. The summed E-state index contributed by atoms with van der Waals surface area (Å²) >= 11 is 5.24. The van der Waals surface area contributed by atoms with Gasteiger partial charge in [-0.1, -0.05) is 37.3 Å². The molecule has 45 heavy (non-hydrogen) atoms. The third-order valence-corrected chi connectivity index (χ3v) is 8.79. The maximum absolute atomic E-state index is 15.2. The number of hydrogen-bond acceptors (Lipinski definition) is 8. The van der Waals surface area contributed by atoms with Crippen LogP contribution < -0.4 is 24.8 Å². The number of anilines is 1. The lowest BCUT2D eigenvalue weighted by Gasteiger charge is -2.26. The van der Waals surface area contributed by atoms with Crippen LogP contribution in [-0.4, -0.2) is 59.7 Å². The van der Waals surface area contributed by atoms with Crippen LogP contribution in [0, 0.1) is 23.1 Å². The van der Waals surface area contributed by atoms with Crippen LogP contribution in [0.1, 0.15) is 25.3 Å². The molecule has 3 aromatic carbocycles. The smallest absolute Gasteiger partial charge is 0.230 e. The van der Waals surface area contributed by atoms with E-state index in [9.17, 15) is 4.79 Å². The van der Waals surface area contributed by atoms with Crippen molar-refractivity contribution in [1.29, 1.82) is 0 Å². The molecular weight excluding hydrogens is 593 g/mol. The first-order valence-corrected chi connectivity index (χ1v) is 15.3. The van der Waals surface area contributed by atoms with Crippen LogP contribution in [0.15, 0.2) is 67.0 Å². The molecule has 3 atom stereocenters. The van der Waals surface area contributed by atoms with Gasteiger partial charge in [-0.05, 0) is 67.7 Å². The average molecular weight is 630 g/mol. The summed E-state index contributed by atoms with van der Waals surface area (Å²) in [5, 5.41) is 6.06. The van der Waals surface area contributed by atoms with E-state index in [1.54, 1.807) is 19.2 Å². The molecule has 4 aromatic rings. The van der Waals surface area contributed by atoms with Crippen LogP contribution in [0.4, 0.5) is 10.1 Å². The maximum Gasteiger partial charge on any atom is 0.230 e. The highest BCUT2D eigenvalue weighted by atomic mass is 32.1. The number of nitrogens with one attached hydrogen (secondary N) is 2. The van der Waals surface area contributed by atoms with Crippen LogP contribution >= 0.6 is 12.2 Å². The predicted molar refractivity (Wildman–Crippen MR) is 174 cm³/mol. The molecule has 1 aromatic heterocycles. The molecule has 1 amide bonds. The van der Waals surface area contributed by atoms with Crippen molar-refractivity contribution in [2.45, 2.75) is 26.2 Å². The fourth-order valence-electron chi connectivity index (χ4n) is 6.63. The van der Waals surface area contributed by atoms with Gasteiger partial charge >= 0.3 is 0 Å². The van der Waals surface area contributed by atoms with Crippen molar-refractivity contribution in [2.24, 2.45) is 17.3 Å². The monoisotopic (exact) mass is 629 g/mol. The molecular formula is C34H36FN5O4S. The fourth-order valence-corrected chi connectivity index (χ4v) is 6.86. The zero-order valence-corrected chi connectivity index (χ0v) is 26.3. The Bertz CT molecular complexity index is 1710. The molecule has 1 saturated carbocycles. The fraction of sp³-hybridized carbons (Fsp3) is 0.353. The molecule has 2 fully saturated rings. The highest BCUT2D eigenvalue weighted by molar-refractivity contribution is 7.80. The number of amides is 1. The molecule has 2 N–H and O–H groups in total. The topological polar surface area (TPSA) is 97.8 Å². The summed E-state index contributed by atoms with van der Waals surface area (Å²) in [5.74, 6) is 1.78. The van der Waals surface area contributed by atoms with E-state index >= 15 is 4.39 Å². The second-order valence-electron chi connectivity index (χ2n) is 12.4. The van der Waals surface area contributed by atoms with Gasteiger partial charge in [-0.25, -0.2) is 14.4 Å². The molecule has 0 spiro atoms. The van der Waals surface area contributed by atoms with E-state index in [0.717, 1.165) is 43.3 Å². The number of rotatable bonds is 9. The zero-order chi connectivity index (χ0) is 31.6. The predicted octanol–water partition coefficient (Wildman–Crippen LogP) is 5.98. The standard InChI is InChI=1S/C34H36FN5O4S/c1-34(15-22-17-40(2)18-23(22)16-34)19-43-30-14-27-25(13-29(30)42-3)32(37-20-36-27)44-28-10-9-24(12-26(28)35)38-33(45)39-31(41)11-21-7-5-4-6-8-21/h4-10,12-14,20,22-23H,11,15-19H2,1-3H3,(H2,38,39,41,45)/t22-,23+,34?. The lowest BCUT2D eigenvalue weighted by atomic mass is 9.88. The Hall–Kier alpha value is -4.35. The van der Waals surface area contributed by atoms with Crippen LogP contribution in [0.25, 0.3) is 10.9 Å². The van der Waals surface area contributed by atoms with Gasteiger partial charge in [0.15, 0.2) is 28.2 Å². The van der Waals surface area contributed by atoms with Crippen LogP contribution in [-0.2, 0) is 11.2 Å². The van der Waals surface area contributed by atoms with Gasteiger partial charge in [0.2, 0.25) is 11.8 Å². The van der Waals surface area contributed by atoms with Crippen molar-refractivity contribution in [1.82, 2.24) is 20.2 Å². The Kier molecular flexibility index (Phi) is 8.82. The number of likely N-dealkylation sites (tertiary alicyclic amines) is 1. The van der Waals surface area contributed by atoms with Crippen LogP contribution in [0.5, 0.6) is 23.1 Å². The molecule has 0 radical (unpaired) electrons. The van der Waals surface area contributed by atoms with Crippen molar-refractivity contribution in [3.05, 3.63) is 78.4 Å². The van der Waals surface area contributed by atoms with Gasteiger partial charge in [-0.3, -0.25) is 4.79 Å². The number of carbonyl (C=O) groups excluding carboxylic acids is 1. The molecule has 6 rings (SSSR count). The number of halogens is 1. The lowest BCUT2D eigenvalue weighted by Crippen LogP contribution is -2.35. The number of hydrogen-bond donors (Lipinski definition) is 2. The Balaban J connectivity index is 1.11. The SMILES string of the molecule is COc1cc2c(Oc3ccc(NC(=S)NC(=O)Cc4ccccc4)cc3F)ncnc2cc1OCC1(C)C[C@H]2CN(C)C[C@H]2C1. The quantitative estimate of drug-likeness (QED) is 0.217. The van der Waals surface area contributed by atoms with Crippen LogP contribution in [0.2, 0.25) is 0 Å². The minimum Gasteiger partial charge on any atom is -0.493 e. The van der Waals surface area contributed by atoms with E-state index < -0.39 is 5.82 Å². The highest BCUT2D eigenvalue weighted by Crippen LogP contribution is 2.49. The van der Waals surface area contributed by atoms with Gasteiger partial charge in [0.1, 0.15) is 6.33 Å². The Morgan fingerprint density at radius 2 is 1.80 bits per heavy atom. The summed E-state index contributed by atoms with van der Waals surface area (Å²) in [4.78, 5) is 23.4. The number of ether oxygens (including phenoxy) is 3. The van der Waals surface area contributed by atoms with E-state index in [-0.39, 0.29) is 34.5 Å². The third kappa shape index (κ3) is 7.15. The van der Waals surface area contributed by atoms with Gasteiger partial charge in [-0.15, -0.1) is 0 Å². The normalized spacial score (nSPS) is 20.9. The Morgan fingerprint density at radius 1 is 1.04 bits per heavy atom. The van der Waals surface area contributed by atoms with Crippen molar-refractivity contribution in [3.63, 3.8) is 0 Å². The van der Waals surface area contributed by atoms with Gasteiger partial charge < -0.3 is 29.7 Å². The van der Waals surface area contributed by atoms with Crippen molar-refractivity contribution < 1.29 is 23.4 Å². The highest BCUT2D eigenvalue weighted by Gasteiger charge is 2.46. The van der Waals surface area contributed by atoms with Gasteiger partial charge in [0.05, 0.1) is 31.0 Å². The molecule has 1 aliphatic carbocycles. The summed E-state index contributed by atoms with van der Waals surface area (Å²) in [5.41, 5.74) is 1.90. The molecule has 234 valence electrons. The Morgan fingerprint density at radius 3 is 2.51 bits per heavy atom. The van der Waals surface area contributed by atoms with Gasteiger partial charge in [0.25, 0.3) is 0 Å². The molecule has 11 heteroatoms. The second-order valence-corrected chi connectivity index (χ2v) is 12.8. The summed E-state index contributed by atoms with van der Waals surface area (Å²) in [6, 6.07) is 17.2. The minimum atomic E-state index is -0.641. The van der Waals surface area contributed by atoms with E-state index in [1.807, 2.05) is 36.4 Å². The van der Waals surface area contributed by atoms with Crippen molar-refractivity contribution in [3.8, 4) is 23.1 Å². The number of nitrogens with zero attached hydrogens (tertiary/aromatic N) is 3. The number of methoxy groups -OCH3 is 1. The largest absolute Gasteiger partial charge is 0.493 e. The van der Waals surface area contributed by atoms with E-state index in [0.29, 0.717) is 34.7 Å². The van der Waals surface area contributed by atoms with Crippen molar-refractivity contribution in [2.75, 3.05) is 39.2 Å². The number of carbonyl (C=O) groups is 1. The average Bonchev–Trinajstić information content (AvgIpc) is 3.50. The zero-order valence-electron chi connectivity index (χ0n) is 25.5. The molecule has 1 saturated heterocycles. The van der Waals surface area contributed by atoms with E-state index in [2.05, 4.69) is 39.5 Å². The number of thiocarbonyl (C=S) groups is 1. The first-order chi connectivity index (χ1) is 21.7. The first-order valence-electron chi connectivity index (χ1n) is 14.9. The molecule has 1 unspecified atom stereocenters. The second kappa shape index (κ2) is 12.9. The first kappa shape index (κ1) is 30.7. The van der Waals surface area contributed by atoms with E-state index in [4.69, 9.17) is 26.4 Å². The molecule has 0 bridgehead atoms. The molecule has 2 heterocycles. The van der Waals surface area contributed by atoms with Gasteiger partial charge in [0, 0.05) is 36.3 Å². The van der Waals surface area contributed by atoms with Crippen LogP contribution in [0.3, 0.4) is 0 Å². The van der Waals surface area contributed by atoms with E-state index in [1.165, 1.54) is 18.5 Å². The lowest BCUT2D eigenvalue weighted by molar-refractivity contribution is -0.119. The third-order valence-electron chi connectivity index (χ3n) is 8.59. The molecule has 9 nitrogen and oxygen atoms in total. The molecule has 1 aliphatic heterocycles. The summed E-state index contributed by atoms with van der Waals surface area (Å²) < 4.78 is 33.1. The van der Waals surface area contributed by atoms with Gasteiger partial charge in [-0.2, -0.15) is 0 Å². The van der Waals surface area contributed by atoms with Crippen molar-refractivity contribution >= 4 is 39.8 Å². The number of aromatic nitrogens is 2. The number of benzene rings is 3. The number of fused-ring (bicyclic) bond motifs is 2. The summed E-state index contributed by atoms with van der Waals surface area (Å²) in [6.45, 7) is 5.20. The maximum atomic E-state index is 15.2. The summed E-state index contributed by atoms with van der Waals surface area (Å²) in [6.07, 6.45) is 3.83. The molecule has 2 aliphatic rings. The Labute approximate surface area is 267 Å².